The molecule has 6 aromatic rings. The minimum absolute atomic E-state index is 0.0138. The fourth-order valence-electron chi connectivity index (χ4n) is 3.96. The quantitative estimate of drug-likeness (QED) is 0.0736. The van der Waals surface area contributed by atoms with Gasteiger partial charge in [-0.3, -0.25) is 0 Å². The van der Waals surface area contributed by atoms with E-state index in [0.29, 0.717) is 40.8 Å². The highest BCUT2D eigenvalue weighted by atomic mass is 19.2. The van der Waals surface area contributed by atoms with Crippen LogP contribution in [-0.4, -0.2) is 81.0 Å². The smallest absolute Gasteiger partial charge is 0.423 e. The zero-order valence-corrected chi connectivity index (χ0v) is 25.4. The van der Waals surface area contributed by atoms with E-state index >= 15 is 0 Å². The number of aromatic nitrogens is 8. The van der Waals surface area contributed by atoms with Crippen molar-refractivity contribution in [1.29, 1.82) is 0 Å². The molecule has 0 amide bonds. The molecule has 0 aliphatic rings. The fourth-order valence-corrected chi connectivity index (χ4v) is 3.96. The average Bonchev–Trinajstić information content (AvgIpc) is 3.76. The standard InChI is InChI=1S/C15H13F2N5O.C9H11N5O.C6H5BF2O2/c16-12-6-5-10(9-13(12)17)18-14-4-2-1-3-11(14)15-19-21-22(20-15)7-8-23;10-8-4-2-1-3-7(8)9-11-13-14(12-9)5-6-15;8-5-2-1-4(7(10)11)3-6(5)9/h1-6,9,18,23H,7-8H2;1-4,15H,5-6,10H2;1-3,10-11H. The van der Waals surface area contributed by atoms with Crippen LogP contribution in [0.4, 0.5) is 34.6 Å². The second-order valence-corrected chi connectivity index (χ2v) is 9.80. The van der Waals surface area contributed by atoms with Crippen molar-refractivity contribution in [3.05, 3.63) is 108 Å². The lowest BCUT2D eigenvalue weighted by Gasteiger charge is -2.10. The first kappa shape index (κ1) is 36.1. The number of aliphatic hydroxyl groups is 2. The molecule has 2 heterocycles. The Morgan fingerprint density at radius 1 is 0.653 bits per heavy atom. The predicted molar refractivity (Wildman–Crippen MR) is 171 cm³/mol. The van der Waals surface area contributed by atoms with E-state index in [4.69, 9.17) is 26.0 Å². The van der Waals surface area contributed by atoms with Crippen molar-refractivity contribution < 1.29 is 37.8 Å². The second-order valence-electron chi connectivity index (χ2n) is 9.80. The molecule has 49 heavy (non-hydrogen) atoms. The Labute approximate surface area is 276 Å². The van der Waals surface area contributed by atoms with Gasteiger partial charge in [0.05, 0.1) is 26.3 Å². The Bertz CT molecular complexity index is 1960. The maximum absolute atomic E-state index is 13.3. The second kappa shape index (κ2) is 17.4. The Morgan fingerprint density at radius 2 is 1.18 bits per heavy atom. The summed E-state index contributed by atoms with van der Waals surface area (Å²) in [4.78, 5) is 2.62. The SMILES string of the molecule is Nc1ccccc1-c1nnn(CCO)n1.OB(O)c1ccc(F)c(F)c1.OCCn1nnc(-c2ccccc2Nc2ccc(F)c(F)c2)n1. The zero-order chi connectivity index (χ0) is 35.3. The van der Waals surface area contributed by atoms with Crippen molar-refractivity contribution >= 4 is 29.6 Å². The molecule has 254 valence electrons. The highest BCUT2D eigenvalue weighted by Crippen LogP contribution is 2.28. The van der Waals surface area contributed by atoms with Crippen molar-refractivity contribution in [1.82, 2.24) is 40.4 Å². The number of nitrogens with one attached hydrogen (secondary N) is 1. The van der Waals surface area contributed by atoms with Crippen LogP contribution in [0.3, 0.4) is 0 Å². The van der Waals surface area contributed by atoms with Gasteiger partial charge in [0.2, 0.25) is 11.6 Å². The van der Waals surface area contributed by atoms with Gasteiger partial charge in [-0.25, -0.2) is 17.6 Å². The summed E-state index contributed by atoms with van der Waals surface area (Å²) in [7, 11) is -1.76. The van der Waals surface area contributed by atoms with Crippen molar-refractivity contribution in [2.24, 2.45) is 0 Å². The number of hydrogen-bond donors (Lipinski definition) is 6. The Morgan fingerprint density at radius 3 is 1.73 bits per heavy atom. The lowest BCUT2D eigenvalue weighted by molar-refractivity contribution is 0.259. The molecule has 0 aliphatic carbocycles. The molecular weight excluding hydrogens is 651 g/mol. The minimum Gasteiger partial charge on any atom is -0.423 e. The summed E-state index contributed by atoms with van der Waals surface area (Å²) in [5.74, 6) is -3.09. The summed E-state index contributed by atoms with van der Waals surface area (Å²) >= 11 is 0. The Kier molecular flexibility index (Phi) is 12.8. The van der Waals surface area contributed by atoms with Gasteiger partial charge in [-0.2, -0.15) is 9.59 Å². The van der Waals surface area contributed by atoms with Crippen LogP contribution in [0, 0.1) is 23.3 Å². The molecule has 0 spiro atoms. The summed E-state index contributed by atoms with van der Waals surface area (Å²) in [5.41, 5.74) is 8.75. The molecule has 14 nitrogen and oxygen atoms in total. The van der Waals surface area contributed by atoms with Gasteiger partial charge in [-0.05, 0) is 64.4 Å². The van der Waals surface area contributed by atoms with Crippen molar-refractivity contribution in [2.75, 3.05) is 24.3 Å². The molecule has 0 bridgehead atoms. The van der Waals surface area contributed by atoms with Crippen molar-refractivity contribution in [3.8, 4) is 22.8 Å². The zero-order valence-electron chi connectivity index (χ0n) is 25.4. The Balaban J connectivity index is 0.000000179. The normalized spacial score (nSPS) is 10.4. The minimum atomic E-state index is -1.76. The molecule has 19 heteroatoms. The fraction of sp³-hybridized carbons (Fsp3) is 0.133. The number of anilines is 3. The highest BCUT2D eigenvalue weighted by molar-refractivity contribution is 6.58. The van der Waals surface area contributed by atoms with Gasteiger partial charge in [0.1, 0.15) is 0 Å². The van der Waals surface area contributed by atoms with Crippen LogP contribution in [-0.2, 0) is 13.1 Å². The van der Waals surface area contributed by atoms with Crippen LogP contribution in [0.5, 0.6) is 0 Å². The average molecular weight is 680 g/mol. The van der Waals surface area contributed by atoms with E-state index < -0.39 is 30.4 Å². The molecule has 0 aliphatic heterocycles. The third-order valence-electron chi connectivity index (χ3n) is 6.32. The summed E-state index contributed by atoms with van der Waals surface area (Å²) in [6, 6.07) is 20.7. The van der Waals surface area contributed by atoms with Gasteiger partial charge in [0.15, 0.2) is 23.3 Å². The van der Waals surface area contributed by atoms with Gasteiger partial charge in [-0.1, -0.05) is 30.3 Å². The first-order valence-electron chi connectivity index (χ1n) is 14.3. The number of nitrogens with two attached hydrogens (primary N) is 1. The van der Waals surface area contributed by atoms with Crippen molar-refractivity contribution in [2.45, 2.75) is 13.1 Å². The van der Waals surface area contributed by atoms with Gasteiger partial charge in [0.25, 0.3) is 0 Å². The molecule has 0 unspecified atom stereocenters. The molecule has 0 saturated heterocycles. The van der Waals surface area contributed by atoms with E-state index in [0.717, 1.165) is 35.9 Å². The number of halogens is 4. The van der Waals surface area contributed by atoms with Crippen molar-refractivity contribution in [3.63, 3.8) is 0 Å². The molecule has 0 saturated carbocycles. The van der Waals surface area contributed by atoms with E-state index in [1.54, 1.807) is 30.3 Å². The summed E-state index contributed by atoms with van der Waals surface area (Å²) < 4.78 is 50.9. The number of rotatable bonds is 9. The maximum Gasteiger partial charge on any atom is 0.488 e. The number of para-hydroxylation sites is 2. The third-order valence-corrected chi connectivity index (χ3v) is 6.32. The summed E-state index contributed by atoms with van der Waals surface area (Å²) in [6.07, 6.45) is 0. The molecule has 4 aromatic carbocycles. The van der Waals surface area contributed by atoms with Gasteiger partial charge >= 0.3 is 7.12 Å². The van der Waals surface area contributed by atoms with Crippen LogP contribution in [0.1, 0.15) is 0 Å². The summed E-state index contributed by atoms with van der Waals surface area (Å²) in [6.45, 7) is 0.468. The van der Waals surface area contributed by atoms with Crippen LogP contribution in [0.15, 0.2) is 84.9 Å². The largest absolute Gasteiger partial charge is 0.488 e. The Hall–Kier alpha value is -5.76. The first-order chi connectivity index (χ1) is 23.6. The van der Waals surface area contributed by atoms with Gasteiger partial charge in [-0.15, -0.1) is 20.4 Å². The number of hydrogen-bond acceptors (Lipinski definition) is 12. The van der Waals surface area contributed by atoms with E-state index in [9.17, 15) is 17.6 Å². The number of nitrogens with zero attached hydrogens (tertiary/aromatic N) is 8. The first-order valence-corrected chi connectivity index (χ1v) is 14.3. The highest BCUT2D eigenvalue weighted by Gasteiger charge is 2.14. The molecule has 0 radical (unpaired) electrons. The van der Waals surface area contributed by atoms with Gasteiger partial charge in [0, 0.05) is 34.3 Å². The topological polar surface area (TPSA) is 206 Å². The number of benzene rings is 4. The third kappa shape index (κ3) is 10.1. The number of aliphatic hydroxyl groups excluding tert-OH is 2. The maximum atomic E-state index is 13.3. The summed E-state index contributed by atoms with van der Waals surface area (Å²) in [5, 5.41) is 61.3. The van der Waals surface area contributed by atoms with Crippen LogP contribution in [0.2, 0.25) is 0 Å². The molecular formula is C30H29BF4N10O4. The number of nitrogen functional groups attached to an aromatic ring is 1. The monoisotopic (exact) mass is 680 g/mol. The van der Waals surface area contributed by atoms with E-state index in [1.807, 2.05) is 18.2 Å². The van der Waals surface area contributed by atoms with Crippen LogP contribution < -0.4 is 16.5 Å². The molecule has 2 aromatic heterocycles. The molecule has 6 rings (SSSR count). The van der Waals surface area contributed by atoms with Gasteiger partial charge < -0.3 is 31.3 Å². The van der Waals surface area contributed by atoms with Crippen LogP contribution >= 0.6 is 0 Å². The lowest BCUT2D eigenvalue weighted by Crippen LogP contribution is -2.30. The predicted octanol–water partition coefficient (Wildman–Crippen LogP) is 1.91. The molecule has 7 N–H and O–H groups in total. The molecule has 0 atom stereocenters. The lowest BCUT2D eigenvalue weighted by atomic mass is 9.80. The van der Waals surface area contributed by atoms with E-state index in [1.165, 1.54) is 15.7 Å². The van der Waals surface area contributed by atoms with E-state index in [-0.39, 0.29) is 25.2 Å². The van der Waals surface area contributed by atoms with Crippen LogP contribution in [0.25, 0.3) is 22.8 Å². The molecule has 0 fully saturated rings. The number of tetrazole rings is 2. The van der Waals surface area contributed by atoms with E-state index in [2.05, 4.69) is 36.1 Å².